The van der Waals surface area contributed by atoms with Gasteiger partial charge in [0.15, 0.2) is 5.65 Å². The van der Waals surface area contributed by atoms with Crippen molar-refractivity contribution in [2.45, 2.75) is 6.54 Å². The van der Waals surface area contributed by atoms with E-state index in [0.717, 1.165) is 0 Å². The Labute approximate surface area is 135 Å². The quantitative estimate of drug-likeness (QED) is 0.664. The first-order valence-corrected chi connectivity index (χ1v) is 6.99. The predicted molar refractivity (Wildman–Crippen MR) is 82.5 cm³/mol. The summed E-state index contributed by atoms with van der Waals surface area (Å²) in [6.45, 7) is 0.213. The first-order chi connectivity index (χ1) is 11.0. The Hall–Kier alpha value is -2.74. The standard InChI is InChI=1S/C14H12ClN5O3/c1-19-11(15)4-9(18-19)6-20-7-17-12-10(13(20)21)3-8(5-16-12)14(22)23-2/h3-5,7H,6H2,1-2H3. The molecule has 3 heterocycles. The lowest BCUT2D eigenvalue weighted by Gasteiger charge is -2.05. The summed E-state index contributed by atoms with van der Waals surface area (Å²) in [5.41, 5.74) is 0.753. The maximum absolute atomic E-state index is 12.6. The summed E-state index contributed by atoms with van der Waals surface area (Å²) in [6, 6.07) is 3.09. The first-order valence-electron chi connectivity index (χ1n) is 6.61. The summed E-state index contributed by atoms with van der Waals surface area (Å²) in [5, 5.41) is 4.90. The van der Waals surface area contributed by atoms with Gasteiger partial charge in [-0.2, -0.15) is 5.10 Å². The molecule has 118 valence electrons. The summed E-state index contributed by atoms with van der Waals surface area (Å²) in [4.78, 5) is 32.3. The average Bonchev–Trinajstić information content (AvgIpc) is 2.87. The van der Waals surface area contributed by atoms with E-state index in [9.17, 15) is 9.59 Å². The van der Waals surface area contributed by atoms with E-state index in [1.807, 2.05) is 0 Å². The third-order valence-electron chi connectivity index (χ3n) is 3.30. The Kier molecular flexibility index (Phi) is 3.83. The molecule has 0 radical (unpaired) electrons. The molecule has 0 aliphatic rings. The van der Waals surface area contributed by atoms with Crippen LogP contribution in [0.5, 0.6) is 0 Å². The Morgan fingerprint density at radius 3 is 2.78 bits per heavy atom. The number of esters is 1. The molecule has 0 amide bonds. The molecule has 0 spiro atoms. The van der Waals surface area contributed by atoms with Gasteiger partial charge in [0, 0.05) is 19.3 Å². The molecule has 3 aromatic rings. The number of halogens is 1. The van der Waals surface area contributed by atoms with E-state index in [0.29, 0.717) is 10.8 Å². The number of aromatic nitrogens is 5. The molecule has 0 fully saturated rings. The van der Waals surface area contributed by atoms with Crippen molar-refractivity contribution < 1.29 is 9.53 Å². The lowest BCUT2D eigenvalue weighted by atomic mass is 10.2. The molecule has 0 N–H and O–H groups in total. The Morgan fingerprint density at radius 1 is 1.35 bits per heavy atom. The molecule has 23 heavy (non-hydrogen) atoms. The minimum Gasteiger partial charge on any atom is -0.465 e. The number of rotatable bonds is 3. The van der Waals surface area contributed by atoms with Crippen molar-refractivity contribution in [3.63, 3.8) is 0 Å². The number of carbonyl (C=O) groups is 1. The van der Waals surface area contributed by atoms with Gasteiger partial charge in [-0.25, -0.2) is 14.8 Å². The fourth-order valence-electron chi connectivity index (χ4n) is 2.14. The topological polar surface area (TPSA) is 91.9 Å². The lowest BCUT2D eigenvalue weighted by Crippen LogP contribution is -2.22. The minimum absolute atomic E-state index is 0.192. The van der Waals surface area contributed by atoms with Gasteiger partial charge in [0.2, 0.25) is 0 Å². The van der Waals surface area contributed by atoms with Gasteiger partial charge in [-0.1, -0.05) is 11.6 Å². The van der Waals surface area contributed by atoms with Gasteiger partial charge in [0.05, 0.1) is 30.3 Å². The molecule has 0 unspecified atom stereocenters. The fourth-order valence-corrected chi connectivity index (χ4v) is 2.31. The van der Waals surface area contributed by atoms with Crippen molar-refractivity contribution in [1.82, 2.24) is 24.3 Å². The number of hydrogen-bond acceptors (Lipinski definition) is 6. The molecule has 0 aliphatic heterocycles. The molecule has 0 aliphatic carbocycles. The molecule has 0 saturated heterocycles. The van der Waals surface area contributed by atoms with Crippen LogP contribution in [0.25, 0.3) is 11.0 Å². The van der Waals surface area contributed by atoms with Crippen LogP contribution in [0.15, 0.2) is 29.5 Å². The van der Waals surface area contributed by atoms with Crippen molar-refractivity contribution in [3.05, 3.63) is 51.4 Å². The highest BCUT2D eigenvalue weighted by atomic mass is 35.5. The first kappa shape index (κ1) is 15.2. The molecular formula is C14H12ClN5O3. The van der Waals surface area contributed by atoms with Gasteiger partial charge >= 0.3 is 5.97 Å². The normalized spacial score (nSPS) is 10.9. The number of fused-ring (bicyclic) bond motifs is 1. The highest BCUT2D eigenvalue weighted by Gasteiger charge is 2.12. The zero-order valence-electron chi connectivity index (χ0n) is 12.4. The van der Waals surface area contributed by atoms with Crippen LogP contribution in [0, 0.1) is 0 Å². The van der Waals surface area contributed by atoms with Gasteiger partial charge < -0.3 is 4.74 Å². The molecule has 3 aromatic heterocycles. The second-order valence-electron chi connectivity index (χ2n) is 4.85. The van der Waals surface area contributed by atoms with Crippen molar-refractivity contribution in [2.24, 2.45) is 7.05 Å². The molecule has 0 atom stereocenters. The van der Waals surface area contributed by atoms with Gasteiger partial charge in [0.1, 0.15) is 11.5 Å². The van der Waals surface area contributed by atoms with E-state index in [-0.39, 0.29) is 28.7 Å². The molecule has 0 bridgehead atoms. The van der Waals surface area contributed by atoms with Crippen molar-refractivity contribution >= 4 is 28.6 Å². The number of aryl methyl sites for hydroxylation is 1. The number of carbonyl (C=O) groups excluding carboxylic acids is 1. The number of methoxy groups -OCH3 is 1. The van der Waals surface area contributed by atoms with Gasteiger partial charge in [-0.3, -0.25) is 14.0 Å². The highest BCUT2D eigenvalue weighted by Crippen LogP contribution is 2.11. The van der Waals surface area contributed by atoms with E-state index in [2.05, 4.69) is 19.8 Å². The monoisotopic (exact) mass is 333 g/mol. The van der Waals surface area contributed by atoms with E-state index < -0.39 is 5.97 Å². The number of hydrogen-bond donors (Lipinski definition) is 0. The SMILES string of the molecule is COC(=O)c1cnc2ncn(Cc3cc(Cl)n(C)n3)c(=O)c2c1. The van der Waals surface area contributed by atoms with Crippen LogP contribution >= 0.6 is 11.6 Å². The largest absolute Gasteiger partial charge is 0.465 e. The summed E-state index contributed by atoms with van der Waals surface area (Å²) in [6.07, 6.45) is 2.71. The Balaban J connectivity index is 2.06. The van der Waals surface area contributed by atoms with E-state index in [1.54, 1.807) is 13.1 Å². The van der Waals surface area contributed by atoms with Gasteiger partial charge in [0.25, 0.3) is 5.56 Å². The zero-order valence-corrected chi connectivity index (χ0v) is 13.1. The van der Waals surface area contributed by atoms with E-state index in [1.165, 1.54) is 34.9 Å². The second-order valence-corrected chi connectivity index (χ2v) is 5.23. The van der Waals surface area contributed by atoms with E-state index in [4.69, 9.17) is 11.6 Å². The third-order valence-corrected chi connectivity index (χ3v) is 3.66. The predicted octanol–water partition coefficient (Wildman–Crippen LogP) is 1.01. The maximum Gasteiger partial charge on any atom is 0.339 e. The van der Waals surface area contributed by atoms with Crippen LogP contribution in [0.4, 0.5) is 0 Å². The molecule has 0 aromatic carbocycles. The van der Waals surface area contributed by atoms with Crippen LogP contribution in [-0.2, 0) is 18.3 Å². The van der Waals surface area contributed by atoms with Gasteiger partial charge in [-0.05, 0) is 6.07 Å². The minimum atomic E-state index is -0.564. The van der Waals surface area contributed by atoms with Crippen molar-refractivity contribution in [3.8, 4) is 0 Å². The van der Waals surface area contributed by atoms with Crippen LogP contribution in [0.2, 0.25) is 5.15 Å². The van der Waals surface area contributed by atoms with Crippen LogP contribution in [0.3, 0.4) is 0 Å². The Bertz CT molecular complexity index is 943. The second kappa shape index (κ2) is 5.81. The smallest absolute Gasteiger partial charge is 0.339 e. The van der Waals surface area contributed by atoms with Crippen LogP contribution in [-0.4, -0.2) is 37.4 Å². The number of ether oxygens (including phenoxy) is 1. The summed E-state index contributed by atoms with van der Waals surface area (Å²) < 4.78 is 7.52. The van der Waals surface area contributed by atoms with E-state index >= 15 is 0 Å². The number of pyridine rings is 1. The molecule has 0 saturated carbocycles. The summed E-state index contributed by atoms with van der Waals surface area (Å²) >= 11 is 5.94. The van der Waals surface area contributed by atoms with Crippen molar-refractivity contribution in [1.29, 1.82) is 0 Å². The average molecular weight is 334 g/mol. The summed E-state index contributed by atoms with van der Waals surface area (Å²) in [5.74, 6) is -0.564. The van der Waals surface area contributed by atoms with Crippen molar-refractivity contribution in [2.75, 3.05) is 7.11 Å². The molecule has 8 nitrogen and oxygen atoms in total. The molecular weight excluding hydrogens is 322 g/mol. The summed E-state index contributed by atoms with van der Waals surface area (Å²) in [7, 11) is 2.97. The zero-order chi connectivity index (χ0) is 16.6. The molecule has 3 rings (SSSR count). The lowest BCUT2D eigenvalue weighted by molar-refractivity contribution is 0.0600. The van der Waals surface area contributed by atoms with Crippen LogP contribution in [0.1, 0.15) is 16.1 Å². The maximum atomic E-state index is 12.6. The third kappa shape index (κ3) is 2.80. The highest BCUT2D eigenvalue weighted by molar-refractivity contribution is 6.29. The Morgan fingerprint density at radius 2 is 2.13 bits per heavy atom. The number of nitrogens with zero attached hydrogens (tertiary/aromatic N) is 5. The fraction of sp³-hybridized carbons (Fsp3) is 0.214. The molecule has 9 heteroatoms. The van der Waals surface area contributed by atoms with Crippen LogP contribution < -0.4 is 5.56 Å². The van der Waals surface area contributed by atoms with Gasteiger partial charge in [-0.15, -0.1) is 0 Å².